The van der Waals surface area contributed by atoms with Crippen LogP contribution < -0.4 is 10.6 Å². The van der Waals surface area contributed by atoms with Gasteiger partial charge in [0.15, 0.2) is 0 Å². The molecular weight excluding hydrogens is 288 g/mol. The van der Waals surface area contributed by atoms with Crippen LogP contribution in [0.4, 0.5) is 5.69 Å². The Bertz CT molecular complexity index is 553. The minimum absolute atomic E-state index is 0.0772. The second-order valence-electron chi connectivity index (χ2n) is 5.32. The predicted octanol–water partition coefficient (Wildman–Crippen LogP) is 2.66. The quantitative estimate of drug-likeness (QED) is 0.418. The molecule has 0 heterocycles. The van der Waals surface area contributed by atoms with Gasteiger partial charge in [0.2, 0.25) is 0 Å². The molecule has 124 valence electrons. The van der Waals surface area contributed by atoms with Crippen molar-refractivity contribution in [3.8, 4) is 6.07 Å². The van der Waals surface area contributed by atoms with Gasteiger partial charge in [-0.3, -0.25) is 4.79 Å². The summed E-state index contributed by atoms with van der Waals surface area (Å²) in [4.78, 5) is 14.4. The number of nitriles is 1. The van der Waals surface area contributed by atoms with Gasteiger partial charge in [-0.25, -0.2) is 0 Å². The topological polar surface area (TPSA) is 68.2 Å². The molecule has 0 saturated carbocycles. The number of hydrogen-bond donors (Lipinski definition) is 2. The van der Waals surface area contributed by atoms with Crippen molar-refractivity contribution in [2.24, 2.45) is 0 Å². The molecule has 23 heavy (non-hydrogen) atoms. The molecule has 0 bridgehead atoms. The van der Waals surface area contributed by atoms with E-state index in [0.29, 0.717) is 5.69 Å². The van der Waals surface area contributed by atoms with E-state index in [-0.39, 0.29) is 5.57 Å². The standard InChI is InChI=1S/C18H26N4O/c1-4-22(5-2)12-6-11-20-14-16(13-19)18(23)21-17-9-7-15(3)8-10-17/h7-10,14,20H,4-6,11-12H2,1-3H3,(H,21,23)/b16-14-. The molecule has 1 aromatic rings. The van der Waals surface area contributed by atoms with Crippen molar-refractivity contribution in [2.45, 2.75) is 27.2 Å². The molecule has 0 spiro atoms. The van der Waals surface area contributed by atoms with E-state index < -0.39 is 5.91 Å². The Balaban J connectivity index is 2.44. The van der Waals surface area contributed by atoms with E-state index in [0.717, 1.165) is 38.2 Å². The summed E-state index contributed by atoms with van der Waals surface area (Å²) in [5.41, 5.74) is 1.88. The van der Waals surface area contributed by atoms with E-state index in [1.807, 2.05) is 37.3 Å². The largest absolute Gasteiger partial charge is 0.390 e. The van der Waals surface area contributed by atoms with Crippen LogP contribution in [-0.4, -0.2) is 37.0 Å². The Kier molecular flexibility index (Phi) is 8.48. The van der Waals surface area contributed by atoms with Gasteiger partial charge in [-0.15, -0.1) is 0 Å². The minimum atomic E-state index is -0.396. The van der Waals surface area contributed by atoms with Crippen LogP contribution in [0.1, 0.15) is 25.8 Å². The number of rotatable bonds is 9. The van der Waals surface area contributed by atoms with Crippen molar-refractivity contribution in [1.82, 2.24) is 10.2 Å². The normalized spacial score (nSPS) is 11.2. The summed E-state index contributed by atoms with van der Waals surface area (Å²) in [6.07, 6.45) is 2.46. The van der Waals surface area contributed by atoms with Crippen LogP contribution in [0.5, 0.6) is 0 Å². The minimum Gasteiger partial charge on any atom is -0.390 e. The van der Waals surface area contributed by atoms with Gasteiger partial charge in [0.1, 0.15) is 11.6 Å². The molecule has 0 saturated heterocycles. The molecule has 0 aliphatic rings. The second kappa shape index (κ2) is 10.4. The first-order valence-corrected chi connectivity index (χ1v) is 8.04. The van der Waals surface area contributed by atoms with Crippen molar-refractivity contribution < 1.29 is 4.79 Å². The predicted molar refractivity (Wildman–Crippen MR) is 93.9 cm³/mol. The second-order valence-corrected chi connectivity index (χ2v) is 5.32. The molecule has 0 aliphatic heterocycles. The third-order valence-electron chi connectivity index (χ3n) is 3.61. The molecule has 0 fully saturated rings. The number of nitrogens with one attached hydrogen (secondary N) is 2. The molecule has 2 N–H and O–H groups in total. The molecule has 5 heteroatoms. The molecule has 1 amide bonds. The average molecular weight is 314 g/mol. The third-order valence-corrected chi connectivity index (χ3v) is 3.61. The van der Waals surface area contributed by atoms with Gasteiger partial charge in [-0.05, 0) is 45.1 Å². The third kappa shape index (κ3) is 6.98. The Hall–Kier alpha value is -2.32. The number of nitrogens with zero attached hydrogens (tertiary/aromatic N) is 2. The first-order valence-electron chi connectivity index (χ1n) is 8.04. The van der Waals surface area contributed by atoms with Crippen LogP contribution in [0.15, 0.2) is 36.0 Å². The van der Waals surface area contributed by atoms with E-state index in [9.17, 15) is 4.79 Å². The van der Waals surface area contributed by atoms with E-state index in [2.05, 4.69) is 29.4 Å². The molecule has 0 aromatic heterocycles. The highest BCUT2D eigenvalue weighted by Gasteiger charge is 2.08. The lowest BCUT2D eigenvalue weighted by Gasteiger charge is -2.17. The summed E-state index contributed by atoms with van der Waals surface area (Å²) in [5, 5.41) is 14.9. The van der Waals surface area contributed by atoms with E-state index in [1.165, 1.54) is 6.20 Å². The van der Waals surface area contributed by atoms with Crippen molar-refractivity contribution in [3.63, 3.8) is 0 Å². The fraction of sp³-hybridized carbons (Fsp3) is 0.444. The number of aryl methyl sites for hydroxylation is 1. The van der Waals surface area contributed by atoms with Gasteiger partial charge in [0, 0.05) is 18.4 Å². The van der Waals surface area contributed by atoms with Crippen LogP contribution in [-0.2, 0) is 4.79 Å². The van der Waals surface area contributed by atoms with Gasteiger partial charge in [0.05, 0.1) is 0 Å². The maximum Gasteiger partial charge on any atom is 0.267 e. The average Bonchev–Trinajstić information content (AvgIpc) is 2.56. The number of hydrogen-bond acceptors (Lipinski definition) is 4. The maximum absolute atomic E-state index is 12.0. The van der Waals surface area contributed by atoms with Crippen molar-refractivity contribution in [1.29, 1.82) is 5.26 Å². The SMILES string of the molecule is CCN(CC)CCCN/C=C(/C#N)C(=O)Nc1ccc(C)cc1. The first-order chi connectivity index (χ1) is 11.1. The van der Waals surface area contributed by atoms with Crippen molar-refractivity contribution in [3.05, 3.63) is 41.6 Å². The van der Waals surface area contributed by atoms with E-state index in [4.69, 9.17) is 5.26 Å². The zero-order valence-corrected chi connectivity index (χ0v) is 14.2. The number of anilines is 1. The maximum atomic E-state index is 12.0. The summed E-state index contributed by atoms with van der Waals surface area (Å²) < 4.78 is 0. The Morgan fingerprint density at radius 1 is 1.26 bits per heavy atom. The van der Waals surface area contributed by atoms with Gasteiger partial charge in [-0.1, -0.05) is 31.5 Å². The Labute approximate surface area is 139 Å². The number of carbonyl (C=O) groups is 1. The summed E-state index contributed by atoms with van der Waals surface area (Å²) >= 11 is 0. The van der Waals surface area contributed by atoms with Gasteiger partial charge in [0.25, 0.3) is 5.91 Å². The first kappa shape index (κ1) is 18.7. The van der Waals surface area contributed by atoms with Crippen LogP contribution in [0.2, 0.25) is 0 Å². The monoisotopic (exact) mass is 314 g/mol. The van der Waals surface area contributed by atoms with Gasteiger partial charge < -0.3 is 15.5 Å². The van der Waals surface area contributed by atoms with Crippen molar-refractivity contribution in [2.75, 3.05) is 31.5 Å². The molecule has 0 atom stereocenters. The highest BCUT2D eigenvalue weighted by molar-refractivity contribution is 6.06. The molecule has 0 unspecified atom stereocenters. The Morgan fingerprint density at radius 2 is 1.91 bits per heavy atom. The smallest absolute Gasteiger partial charge is 0.267 e. The molecule has 0 radical (unpaired) electrons. The molecule has 0 aliphatic carbocycles. The van der Waals surface area contributed by atoms with Crippen molar-refractivity contribution >= 4 is 11.6 Å². The van der Waals surface area contributed by atoms with Crippen LogP contribution in [0, 0.1) is 18.3 Å². The van der Waals surface area contributed by atoms with Crippen LogP contribution >= 0.6 is 0 Å². The zero-order chi connectivity index (χ0) is 17.1. The van der Waals surface area contributed by atoms with Crippen LogP contribution in [0.25, 0.3) is 0 Å². The number of amides is 1. The number of benzene rings is 1. The lowest BCUT2D eigenvalue weighted by Crippen LogP contribution is -2.26. The zero-order valence-electron chi connectivity index (χ0n) is 14.2. The molecule has 1 rings (SSSR count). The highest BCUT2D eigenvalue weighted by Crippen LogP contribution is 2.09. The summed E-state index contributed by atoms with van der Waals surface area (Å²) in [7, 11) is 0. The van der Waals surface area contributed by atoms with Gasteiger partial charge in [-0.2, -0.15) is 5.26 Å². The molecule has 5 nitrogen and oxygen atoms in total. The summed E-state index contributed by atoms with van der Waals surface area (Å²) in [6.45, 7) is 10.1. The molecular formula is C18H26N4O. The fourth-order valence-corrected chi connectivity index (χ4v) is 2.10. The number of carbonyl (C=O) groups excluding carboxylic acids is 1. The summed E-state index contributed by atoms with van der Waals surface area (Å²) in [5.74, 6) is -0.396. The fourth-order valence-electron chi connectivity index (χ4n) is 2.10. The lowest BCUT2D eigenvalue weighted by atomic mass is 10.2. The lowest BCUT2D eigenvalue weighted by molar-refractivity contribution is -0.112. The summed E-state index contributed by atoms with van der Waals surface area (Å²) in [6, 6.07) is 9.40. The van der Waals surface area contributed by atoms with Gasteiger partial charge >= 0.3 is 0 Å². The van der Waals surface area contributed by atoms with E-state index >= 15 is 0 Å². The highest BCUT2D eigenvalue weighted by atomic mass is 16.1. The van der Waals surface area contributed by atoms with Crippen LogP contribution in [0.3, 0.4) is 0 Å². The molecule has 1 aromatic carbocycles. The Morgan fingerprint density at radius 3 is 2.48 bits per heavy atom. The van der Waals surface area contributed by atoms with E-state index in [1.54, 1.807) is 0 Å².